The highest BCUT2D eigenvalue weighted by atomic mass is 16.5. The molecule has 4 fully saturated rings. The molecule has 0 aromatic heterocycles. The third-order valence-corrected chi connectivity index (χ3v) is 10.2. The van der Waals surface area contributed by atoms with Gasteiger partial charge in [0.15, 0.2) is 0 Å². The molecule has 8 atom stereocenters. The molecule has 166 valence electrons. The van der Waals surface area contributed by atoms with Crippen molar-refractivity contribution in [3.05, 3.63) is 35.9 Å². The van der Waals surface area contributed by atoms with Gasteiger partial charge in [0, 0.05) is 11.0 Å². The summed E-state index contributed by atoms with van der Waals surface area (Å²) in [6.45, 7) is 5.48. The molecule has 0 aliphatic heterocycles. The van der Waals surface area contributed by atoms with Crippen molar-refractivity contribution in [2.24, 2.45) is 34.5 Å². The lowest BCUT2D eigenvalue weighted by atomic mass is 9.44. The van der Waals surface area contributed by atoms with Crippen LogP contribution in [0.4, 0.5) is 0 Å². The summed E-state index contributed by atoms with van der Waals surface area (Å²) in [6, 6.07) is 10.1. The fraction of sp³-hybridized carbons (Fsp3) is 0.679. The number of aliphatic hydroxyl groups is 1. The van der Waals surface area contributed by atoms with Crippen LogP contribution in [0.2, 0.25) is 0 Å². The summed E-state index contributed by atoms with van der Waals surface area (Å²) < 4.78 is 5.36. The maximum absolute atomic E-state index is 11.8. The van der Waals surface area contributed by atoms with Crippen LogP contribution in [0.3, 0.4) is 0 Å². The summed E-state index contributed by atoms with van der Waals surface area (Å²) in [4.78, 5) is 10.8. The largest absolute Gasteiger partial charge is 0.465 e. The molecule has 0 unspecified atom stereocenters. The Bertz CT molecular complexity index is 885. The minimum Gasteiger partial charge on any atom is -0.465 e. The van der Waals surface area contributed by atoms with E-state index in [0.29, 0.717) is 29.6 Å². The maximum Gasteiger partial charge on any atom is 0.293 e. The van der Waals surface area contributed by atoms with E-state index >= 15 is 0 Å². The van der Waals surface area contributed by atoms with Crippen LogP contribution < -0.4 is 0 Å². The second kappa shape index (κ2) is 7.66. The summed E-state index contributed by atoms with van der Waals surface area (Å²) >= 11 is 0. The standard InChI is InChI=1S/C28H36O3/c1-26-14-11-22(31-19-29)18-21(26)8-9-23-24(26)12-15-27(2)25(23)13-17-28(27,30)16-10-20-6-4-3-5-7-20/h3-7,19,21-25,30H,8-9,11-15,17-18H2,1-2H3/t21-,22-,23-,24-,25+,26-,27-,28-/m0/s1. The lowest BCUT2D eigenvalue weighted by molar-refractivity contribution is -0.156. The molecule has 0 amide bonds. The molecule has 0 spiro atoms. The van der Waals surface area contributed by atoms with Gasteiger partial charge >= 0.3 is 0 Å². The zero-order valence-electron chi connectivity index (χ0n) is 19.0. The zero-order chi connectivity index (χ0) is 21.7. The molecule has 0 saturated heterocycles. The van der Waals surface area contributed by atoms with Crippen LogP contribution in [0.25, 0.3) is 0 Å². The van der Waals surface area contributed by atoms with E-state index in [-0.39, 0.29) is 11.5 Å². The smallest absolute Gasteiger partial charge is 0.293 e. The molecule has 1 aromatic carbocycles. The Kier molecular flexibility index (Phi) is 5.21. The highest BCUT2D eigenvalue weighted by Gasteiger charge is 2.64. The van der Waals surface area contributed by atoms with Crippen LogP contribution in [0.5, 0.6) is 0 Å². The number of carbonyl (C=O) groups is 1. The molecular weight excluding hydrogens is 384 g/mol. The van der Waals surface area contributed by atoms with Crippen LogP contribution in [0, 0.1) is 46.3 Å². The topological polar surface area (TPSA) is 46.5 Å². The number of benzene rings is 1. The van der Waals surface area contributed by atoms with E-state index < -0.39 is 5.60 Å². The first-order valence-corrected chi connectivity index (χ1v) is 12.3. The summed E-state index contributed by atoms with van der Waals surface area (Å²) in [6.07, 6.45) is 9.95. The average molecular weight is 421 g/mol. The lowest BCUT2D eigenvalue weighted by Gasteiger charge is -2.61. The van der Waals surface area contributed by atoms with Crippen LogP contribution in [0.1, 0.15) is 77.2 Å². The number of rotatable bonds is 2. The Morgan fingerprint density at radius 3 is 2.55 bits per heavy atom. The molecule has 0 radical (unpaired) electrons. The highest BCUT2D eigenvalue weighted by molar-refractivity contribution is 5.38. The van der Waals surface area contributed by atoms with Gasteiger partial charge in [-0.3, -0.25) is 4.79 Å². The predicted molar refractivity (Wildman–Crippen MR) is 121 cm³/mol. The Balaban J connectivity index is 1.38. The van der Waals surface area contributed by atoms with E-state index in [2.05, 4.69) is 25.7 Å². The van der Waals surface area contributed by atoms with Crippen LogP contribution in [-0.2, 0) is 9.53 Å². The normalized spacial score (nSPS) is 46.0. The van der Waals surface area contributed by atoms with Crippen molar-refractivity contribution in [1.29, 1.82) is 0 Å². The van der Waals surface area contributed by atoms with E-state index in [1.54, 1.807) is 0 Å². The Labute approximate surface area is 187 Å². The second-order valence-corrected chi connectivity index (χ2v) is 11.3. The summed E-state index contributed by atoms with van der Waals surface area (Å²) in [5.41, 5.74) is 0.338. The van der Waals surface area contributed by atoms with Crippen molar-refractivity contribution in [2.45, 2.75) is 83.3 Å². The number of carbonyl (C=O) groups excluding carboxylic acids is 1. The second-order valence-electron chi connectivity index (χ2n) is 11.3. The lowest BCUT2D eigenvalue weighted by Crippen LogP contribution is -2.56. The van der Waals surface area contributed by atoms with Gasteiger partial charge < -0.3 is 9.84 Å². The number of hydrogen-bond acceptors (Lipinski definition) is 3. The van der Waals surface area contributed by atoms with Gasteiger partial charge in [-0.1, -0.05) is 43.9 Å². The third kappa shape index (κ3) is 3.25. The van der Waals surface area contributed by atoms with E-state index in [0.717, 1.165) is 43.6 Å². The number of hydrogen-bond donors (Lipinski definition) is 1. The number of fused-ring (bicyclic) bond motifs is 5. The Morgan fingerprint density at radius 2 is 1.77 bits per heavy atom. The van der Waals surface area contributed by atoms with Crippen LogP contribution in [0.15, 0.2) is 30.3 Å². The van der Waals surface area contributed by atoms with Crippen molar-refractivity contribution in [2.75, 3.05) is 0 Å². The van der Waals surface area contributed by atoms with Gasteiger partial charge in [-0.15, -0.1) is 0 Å². The zero-order valence-corrected chi connectivity index (χ0v) is 19.0. The highest BCUT2D eigenvalue weighted by Crippen LogP contribution is 2.68. The van der Waals surface area contributed by atoms with Crippen molar-refractivity contribution >= 4 is 6.47 Å². The van der Waals surface area contributed by atoms with Crippen molar-refractivity contribution in [1.82, 2.24) is 0 Å². The van der Waals surface area contributed by atoms with Gasteiger partial charge in [-0.05, 0) is 99.0 Å². The molecule has 4 aliphatic rings. The Hall–Kier alpha value is -1.79. The number of ether oxygens (including phenoxy) is 1. The summed E-state index contributed by atoms with van der Waals surface area (Å²) in [5, 5.41) is 11.8. The monoisotopic (exact) mass is 420 g/mol. The molecule has 0 heterocycles. The van der Waals surface area contributed by atoms with Gasteiger partial charge in [-0.2, -0.15) is 0 Å². The molecule has 1 N–H and O–H groups in total. The van der Waals surface area contributed by atoms with E-state index in [9.17, 15) is 9.90 Å². The van der Waals surface area contributed by atoms with Gasteiger partial charge in [0.2, 0.25) is 0 Å². The van der Waals surface area contributed by atoms with Gasteiger partial charge in [-0.25, -0.2) is 0 Å². The van der Waals surface area contributed by atoms with Gasteiger partial charge in [0.1, 0.15) is 11.7 Å². The predicted octanol–water partition coefficient (Wildman–Crippen LogP) is 5.35. The van der Waals surface area contributed by atoms with E-state index in [1.807, 2.05) is 30.3 Å². The van der Waals surface area contributed by atoms with E-state index in [1.165, 1.54) is 25.7 Å². The van der Waals surface area contributed by atoms with Crippen molar-refractivity contribution in [3.63, 3.8) is 0 Å². The third-order valence-electron chi connectivity index (χ3n) is 10.2. The summed E-state index contributed by atoms with van der Waals surface area (Å²) in [5.74, 6) is 9.27. The minimum atomic E-state index is -0.883. The average Bonchev–Trinajstić information content (AvgIpc) is 3.05. The SMILES string of the molecule is C[C@]12CC[C@H](OC=O)C[C@@H]1CC[C@@H]1[C@H]3CC[C@@](O)(C#Cc4ccccc4)[C@@]3(C)CC[C@@H]12. The molecule has 4 saturated carbocycles. The maximum atomic E-state index is 11.8. The fourth-order valence-corrected chi connectivity index (χ4v) is 8.34. The molecule has 31 heavy (non-hydrogen) atoms. The first kappa shape index (κ1) is 21.1. The van der Waals surface area contributed by atoms with Crippen LogP contribution in [-0.4, -0.2) is 23.3 Å². The molecule has 3 nitrogen and oxygen atoms in total. The van der Waals surface area contributed by atoms with Crippen LogP contribution >= 0.6 is 0 Å². The molecule has 1 aromatic rings. The van der Waals surface area contributed by atoms with Gasteiger partial charge in [0.05, 0.1) is 0 Å². The first-order valence-electron chi connectivity index (χ1n) is 12.3. The quantitative estimate of drug-likeness (QED) is 0.518. The van der Waals surface area contributed by atoms with E-state index in [4.69, 9.17) is 4.74 Å². The molecule has 4 aliphatic carbocycles. The Morgan fingerprint density at radius 1 is 1.00 bits per heavy atom. The molecular formula is C28H36O3. The summed E-state index contributed by atoms with van der Waals surface area (Å²) in [7, 11) is 0. The first-order chi connectivity index (χ1) is 14.9. The fourth-order valence-electron chi connectivity index (χ4n) is 8.34. The van der Waals surface area contributed by atoms with Gasteiger partial charge in [0.25, 0.3) is 6.47 Å². The minimum absolute atomic E-state index is 0.114. The van der Waals surface area contributed by atoms with Crippen molar-refractivity contribution in [3.8, 4) is 11.8 Å². The molecule has 0 bridgehead atoms. The molecule has 5 rings (SSSR count). The van der Waals surface area contributed by atoms with Crippen molar-refractivity contribution < 1.29 is 14.6 Å². The molecule has 3 heteroatoms.